The largest absolute Gasteiger partial charge is 0.494 e. The average molecular weight is 343 g/mol. The topological polar surface area (TPSA) is 66.3 Å². The summed E-state index contributed by atoms with van der Waals surface area (Å²) in [6.45, 7) is 3.28. The molecule has 0 saturated heterocycles. The zero-order chi connectivity index (χ0) is 17.9. The Morgan fingerprint density at radius 3 is 2.20 bits per heavy atom. The third-order valence-electron chi connectivity index (χ3n) is 3.19. The summed E-state index contributed by atoms with van der Waals surface area (Å²) in [4.78, 5) is 16.5. The maximum atomic E-state index is 11.3. The predicted octanol–water partition coefficient (Wildman–Crippen LogP) is 3.30. The zero-order valence-corrected chi connectivity index (χ0v) is 14.3. The maximum Gasteiger partial charge on any atom is 0.337 e. The van der Waals surface area contributed by atoms with Crippen molar-refractivity contribution in [3.05, 3.63) is 59.7 Å². The molecular weight excluding hydrogens is 322 g/mol. The molecule has 25 heavy (non-hydrogen) atoms. The van der Waals surface area contributed by atoms with Crippen LogP contribution < -0.4 is 9.47 Å². The second kappa shape index (κ2) is 9.97. The van der Waals surface area contributed by atoms with Gasteiger partial charge < -0.3 is 19.0 Å². The summed E-state index contributed by atoms with van der Waals surface area (Å²) in [6, 6.07) is 14.3. The Labute approximate surface area is 147 Å². The lowest BCUT2D eigenvalue weighted by Crippen LogP contribution is -2.04. The van der Waals surface area contributed by atoms with Crippen molar-refractivity contribution < 1.29 is 23.8 Å². The van der Waals surface area contributed by atoms with E-state index in [1.807, 2.05) is 31.2 Å². The highest BCUT2D eigenvalue weighted by molar-refractivity contribution is 5.90. The van der Waals surface area contributed by atoms with Crippen LogP contribution >= 0.6 is 0 Å². The number of rotatable bonds is 9. The maximum absolute atomic E-state index is 11.3. The molecule has 2 aromatic carbocycles. The van der Waals surface area contributed by atoms with Crippen molar-refractivity contribution in [2.75, 3.05) is 26.9 Å². The molecule has 6 nitrogen and oxygen atoms in total. The molecule has 2 aromatic rings. The van der Waals surface area contributed by atoms with Gasteiger partial charge in [-0.3, -0.25) is 0 Å². The van der Waals surface area contributed by atoms with Crippen molar-refractivity contribution in [3.8, 4) is 11.5 Å². The first kappa shape index (κ1) is 18.3. The lowest BCUT2D eigenvalue weighted by atomic mass is 10.1. The van der Waals surface area contributed by atoms with Crippen LogP contribution in [0, 0.1) is 0 Å². The number of benzene rings is 2. The minimum absolute atomic E-state index is 0.323. The van der Waals surface area contributed by atoms with Crippen LogP contribution in [0.15, 0.2) is 53.7 Å². The number of carbonyl (C=O) groups is 1. The van der Waals surface area contributed by atoms with Gasteiger partial charge in [0, 0.05) is 0 Å². The summed E-state index contributed by atoms with van der Waals surface area (Å²) >= 11 is 0. The average Bonchev–Trinajstić information content (AvgIpc) is 2.66. The first-order valence-corrected chi connectivity index (χ1v) is 7.92. The number of nitrogens with zero attached hydrogens (tertiary/aromatic N) is 1. The molecule has 0 bridgehead atoms. The summed E-state index contributed by atoms with van der Waals surface area (Å²) < 4.78 is 15.5. The predicted molar refractivity (Wildman–Crippen MR) is 94.4 cm³/mol. The van der Waals surface area contributed by atoms with Gasteiger partial charge in [0.25, 0.3) is 0 Å². The standard InChI is InChI=1S/C19H21NO5/c1-3-23-17-8-10-18(11-9-17)24-12-13-25-20-14-15-4-6-16(7-5-15)19(21)22-2/h4-11,14H,3,12-13H2,1-2H3. The molecule has 0 unspecified atom stereocenters. The van der Waals surface area contributed by atoms with Gasteiger partial charge in [0.2, 0.25) is 0 Å². The van der Waals surface area contributed by atoms with Crippen LogP contribution in [0.3, 0.4) is 0 Å². The summed E-state index contributed by atoms with van der Waals surface area (Å²) in [6.07, 6.45) is 1.57. The van der Waals surface area contributed by atoms with Crippen LogP contribution in [0.5, 0.6) is 11.5 Å². The minimum atomic E-state index is -0.369. The Hall–Kier alpha value is -3.02. The smallest absolute Gasteiger partial charge is 0.337 e. The molecule has 6 heteroatoms. The molecule has 0 heterocycles. The highest BCUT2D eigenvalue weighted by Gasteiger charge is 2.03. The van der Waals surface area contributed by atoms with E-state index in [4.69, 9.17) is 14.3 Å². The third kappa shape index (κ3) is 6.18. The van der Waals surface area contributed by atoms with Gasteiger partial charge in [-0.15, -0.1) is 0 Å². The fourth-order valence-corrected chi connectivity index (χ4v) is 1.97. The Kier molecular flexibility index (Phi) is 7.31. The van der Waals surface area contributed by atoms with E-state index >= 15 is 0 Å². The van der Waals surface area contributed by atoms with Crippen molar-refractivity contribution in [2.45, 2.75) is 6.92 Å². The Balaban J connectivity index is 1.68. The van der Waals surface area contributed by atoms with Crippen LogP contribution in [0.1, 0.15) is 22.8 Å². The van der Waals surface area contributed by atoms with Gasteiger partial charge in [-0.05, 0) is 48.9 Å². The van der Waals surface area contributed by atoms with Gasteiger partial charge in [0.05, 0.1) is 25.5 Å². The van der Waals surface area contributed by atoms with Gasteiger partial charge in [0.1, 0.15) is 18.1 Å². The number of oxime groups is 1. The number of esters is 1. The van der Waals surface area contributed by atoms with E-state index in [9.17, 15) is 4.79 Å². The van der Waals surface area contributed by atoms with Crippen LogP contribution in [0.25, 0.3) is 0 Å². The molecule has 0 amide bonds. The summed E-state index contributed by atoms with van der Waals surface area (Å²) in [7, 11) is 1.35. The molecule has 0 aliphatic carbocycles. The van der Waals surface area contributed by atoms with Gasteiger partial charge >= 0.3 is 5.97 Å². The van der Waals surface area contributed by atoms with Crippen LogP contribution in [-0.4, -0.2) is 39.1 Å². The van der Waals surface area contributed by atoms with Gasteiger partial charge in [0.15, 0.2) is 6.61 Å². The number of carbonyl (C=O) groups excluding carboxylic acids is 1. The van der Waals surface area contributed by atoms with Crippen molar-refractivity contribution in [1.82, 2.24) is 0 Å². The molecular formula is C19H21NO5. The molecule has 0 aliphatic rings. The number of ether oxygens (including phenoxy) is 3. The van der Waals surface area contributed by atoms with E-state index in [0.29, 0.717) is 25.4 Å². The molecule has 0 aromatic heterocycles. The number of hydrogen-bond acceptors (Lipinski definition) is 6. The lowest BCUT2D eigenvalue weighted by Gasteiger charge is -2.07. The molecule has 2 rings (SSSR count). The van der Waals surface area contributed by atoms with E-state index in [1.54, 1.807) is 30.5 Å². The van der Waals surface area contributed by atoms with Gasteiger partial charge in [-0.2, -0.15) is 0 Å². The van der Waals surface area contributed by atoms with E-state index in [-0.39, 0.29) is 5.97 Å². The van der Waals surface area contributed by atoms with E-state index in [2.05, 4.69) is 9.89 Å². The van der Waals surface area contributed by atoms with Crippen LogP contribution in [0.2, 0.25) is 0 Å². The molecule has 0 saturated carbocycles. The molecule has 0 fully saturated rings. The Morgan fingerprint density at radius 2 is 1.60 bits per heavy atom. The Morgan fingerprint density at radius 1 is 0.960 bits per heavy atom. The van der Waals surface area contributed by atoms with E-state index in [0.717, 1.165) is 17.1 Å². The van der Waals surface area contributed by atoms with Gasteiger partial charge in [-0.1, -0.05) is 17.3 Å². The first-order chi connectivity index (χ1) is 12.2. The second-order valence-corrected chi connectivity index (χ2v) is 4.93. The van der Waals surface area contributed by atoms with Crippen LogP contribution in [-0.2, 0) is 9.57 Å². The van der Waals surface area contributed by atoms with Crippen molar-refractivity contribution in [3.63, 3.8) is 0 Å². The van der Waals surface area contributed by atoms with E-state index in [1.165, 1.54) is 7.11 Å². The Bertz CT molecular complexity index is 680. The van der Waals surface area contributed by atoms with Crippen molar-refractivity contribution in [1.29, 1.82) is 0 Å². The van der Waals surface area contributed by atoms with Crippen molar-refractivity contribution >= 4 is 12.2 Å². The molecule has 0 aliphatic heterocycles. The molecule has 0 atom stereocenters. The number of hydrogen-bond donors (Lipinski definition) is 0. The zero-order valence-electron chi connectivity index (χ0n) is 14.3. The minimum Gasteiger partial charge on any atom is -0.494 e. The lowest BCUT2D eigenvalue weighted by molar-refractivity contribution is 0.0600. The van der Waals surface area contributed by atoms with Gasteiger partial charge in [-0.25, -0.2) is 4.79 Å². The van der Waals surface area contributed by atoms with Crippen LogP contribution in [0.4, 0.5) is 0 Å². The molecule has 0 radical (unpaired) electrons. The SMILES string of the molecule is CCOc1ccc(OCCON=Cc2ccc(C(=O)OC)cc2)cc1. The molecule has 132 valence electrons. The monoisotopic (exact) mass is 343 g/mol. The van der Waals surface area contributed by atoms with Crippen molar-refractivity contribution in [2.24, 2.45) is 5.16 Å². The second-order valence-electron chi connectivity index (χ2n) is 4.93. The summed E-state index contributed by atoms with van der Waals surface area (Å²) in [5, 5.41) is 3.86. The first-order valence-electron chi connectivity index (χ1n) is 7.92. The third-order valence-corrected chi connectivity index (χ3v) is 3.19. The molecule has 0 N–H and O–H groups in total. The normalized spacial score (nSPS) is 10.5. The fraction of sp³-hybridized carbons (Fsp3) is 0.263. The number of methoxy groups -OCH3 is 1. The van der Waals surface area contributed by atoms with E-state index < -0.39 is 0 Å². The summed E-state index contributed by atoms with van der Waals surface area (Å²) in [5.74, 6) is 1.19. The quantitative estimate of drug-likeness (QED) is 0.302. The highest BCUT2D eigenvalue weighted by atomic mass is 16.6. The fourth-order valence-electron chi connectivity index (χ4n) is 1.97. The summed E-state index contributed by atoms with van der Waals surface area (Å²) in [5.41, 5.74) is 1.31. The molecule has 0 spiro atoms. The highest BCUT2D eigenvalue weighted by Crippen LogP contribution is 2.17.